The number of piperidine rings is 1. The summed E-state index contributed by atoms with van der Waals surface area (Å²) in [5, 5.41) is 6.46. The third-order valence-corrected chi connectivity index (χ3v) is 3.51. The van der Waals surface area contributed by atoms with Gasteiger partial charge in [0.15, 0.2) is 0 Å². The molecule has 1 amide bonds. The molecule has 0 aromatic carbocycles. The Labute approximate surface area is 99.4 Å². The standard InChI is InChI=1S/C13H26N2O/c1-4-5-7-11(2)15-12(16)13(3)8-6-9-14-10-13/h11,14H,4-10H2,1-3H3,(H,15,16). The van der Waals surface area contributed by atoms with Crippen molar-refractivity contribution in [1.29, 1.82) is 0 Å². The zero-order valence-corrected chi connectivity index (χ0v) is 10.9. The number of nitrogens with one attached hydrogen (secondary N) is 2. The number of unbranched alkanes of at least 4 members (excludes halogenated alkanes) is 1. The molecule has 3 heteroatoms. The van der Waals surface area contributed by atoms with Crippen molar-refractivity contribution < 1.29 is 4.79 Å². The average Bonchev–Trinajstić information content (AvgIpc) is 2.27. The SMILES string of the molecule is CCCCC(C)NC(=O)C1(C)CCCNC1. The lowest BCUT2D eigenvalue weighted by Crippen LogP contribution is -2.50. The van der Waals surface area contributed by atoms with Crippen molar-refractivity contribution in [2.24, 2.45) is 5.41 Å². The minimum Gasteiger partial charge on any atom is -0.353 e. The van der Waals surface area contributed by atoms with E-state index in [0.717, 1.165) is 32.4 Å². The maximum atomic E-state index is 12.1. The number of rotatable bonds is 5. The number of carbonyl (C=O) groups excluding carboxylic acids is 1. The van der Waals surface area contributed by atoms with Gasteiger partial charge in [0, 0.05) is 12.6 Å². The van der Waals surface area contributed by atoms with Crippen molar-refractivity contribution in [2.45, 2.75) is 58.9 Å². The summed E-state index contributed by atoms with van der Waals surface area (Å²) in [6.07, 6.45) is 5.58. The van der Waals surface area contributed by atoms with E-state index in [0.29, 0.717) is 6.04 Å². The summed E-state index contributed by atoms with van der Waals surface area (Å²) in [5.74, 6) is 0.225. The van der Waals surface area contributed by atoms with Gasteiger partial charge in [-0.05, 0) is 39.7 Å². The monoisotopic (exact) mass is 226 g/mol. The molecule has 0 aromatic rings. The summed E-state index contributed by atoms with van der Waals surface area (Å²) in [6, 6.07) is 0.311. The lowest BCUT2D eigenvalue weighted by atomic mass is 9.81. The molecule has 1 saturated heterocycles. The number of hydrogen-bond donors (Lipinski definition) is 2. The Hall–Kier alpha value is -0.570. The highest BCUT2D eigenvalue weighted by Crippen LogP contribution is 2.25. The fourth-order valence-electron chi connectivity index (χ4n) is 2.23. The Morgan fingerprint density at radius 2 is 2.31 bits per heavy atom. The van der Waals surface area contributed by atoms with Crippen molar-refractivity contribution >= 4 is 5.91 Å². The van der Waals surface area contributed by atoms with Gasteiger partial charge in [0.05, 0.1) is 5.41 Å². The molecular formula is C13H26N2O. The minimum absolute atomic E-state index is 0.196. The maximum absolute atomic E-state index is 12.1. The van der Waals surface area contributed by atoms with Crippen LogP contribution in [-0.4, -0.2) is 25.0 Å². The second kappa shape index (κ2) is 6.24. The lowest BCUT2D eigenvalue weighted by Gasteiger charge is -2.33. The molecule has 0 aliphatic carbocycles. The van der Waals surface area contributed by atoms with Crippen molar-refractivity contribution in [3.05, 3.63) is 0 Å². The molecule has 0 bridgehead atoms. The van der Waals surface area contributed by atoms with E-state index >= 15 is 0 Å². The van der Waals surface area contributed by atoms with Crippen molar-refractivity contribution in [3.8, 4) is 0 Å². The first-order valence-electron chi connectivity index (χ1n) is 6.60. The van der Waals surface area contributed by atoms with Crippen LogP contribution in [-0.2, 0) is 4.79 Å². The summed E-state index contributed by atoms with van der Waals surface area (Å²) < 4.78 is 0. The van der Waals surface area contributed by atoms with Gasteiger partial charge in [-0.2, -0.15) is 0 Å². The molecular weight excluding hydrogens is 200 g/mol. The molecule has 1 heterocycles. The summed E-state index contributed by atoms with van der Waals surface area (Å²) >= 11 is 0. The van der Waals surface area contributed by atoms with Crippen LogP contribution in [0.3, 0.4) is 0 Å². The van der Waals surface area contributed by atoms with Gasteiger partial charge < -0.3 is 10.6 Å². The quantitative estimate of drug-likeness (QED) is 0.753. The number of carbonyl (C=O) groups is 1. The van der Waals surface area contributed by atoms with Gasteiger partial charge >= 0.3 is 0 Å². The predicted octanol–water partition coefficient (Wildman–Crippen LogP) is 2.07. The molecule has 16 heavy (non-hydrogen) atoms. The molecule has 94 valence electrons. The van der Waals surface area contributed by atoms with Crippen LogP contribution in [0, 0.1) is 5.41 Å². The van der Waals surface area contributed by atoms with Gasteiger partial charge in [-0.3, -0.25) is 4.79 Å². The molecule has 3 nitrogen and oxygen atoms in total. The molecule has 2 N–H and O–H groups in total. The van der Waals surface area contributed by atoms with E-state index in [-0.39, 0.29) is 11.3 Å². The zero-order chi connectivity index (χ0) is 12.0. The summed E-state index contributed by atoms with van der Waals surface area (Å²) in [7, 11) is 0. The van der Waals surface area contributed by atoms with Crippen LogP contribution >= 0.6 is 0 Å². The summed E-state index contributed by atoms with van der Waals surface area (Å²) in [5.41, 5.74) is -0.196. The van der Waals surface area contributed by atoms with E-state index in [9.17, 15) is 4.79 Å². The fraction of sp³-hybridized carbons (Fsp3) is 0.923. The minimum atomic E-state index is -0.196. The smallest absolute Gasteiger partial charge is 0.227 e. The fourth-order valence-corrected chi connectivity index (χ4v) is 2.23. The molecule has 0 spiro atoms. The van der Waals surface area contributed by atoms with Crippen LogP contribution in [0.2, 0.25) is 0 Å². The van der Waals surface area contributed by atoms with Crippen LogP contribution in [0.25, 0.3) is 0 Å². The third-order valence-electron chi connectivity index (χ3n) is 3.51. The molecule has 0 aromatic heterocycles. The Balaban J connectivity index is 2.38. The van der Waals surface area contributed by atoms with Gasteiger partial charge in [0.1, 0.15) is 0 Å². The van der Waals surface area contributed by atoms with Gasteiger partial charge in [-0.1, -0.05) is 19.8 Å². The predicted molar refractivity (Wildman–Crippen MR) is 67.3 cm³/mol. The van der Waals surface area contributed by atoms with E-state index < -0.39 is 0 Å². The van der Waals surface area contributed by atoms with Crippen LogP contribution in [0.1, 0.15) is 52.9 Å². The normalized spacial score (nSPS) is 27.4. The third kappa shape index (κ3) is 3.78. The first kappa shape index (κ1) is 13.5. The molecule has 2 atom stereocenters. The molecule has 1 rings (SSSR count). The number of hydrogen-bond acceptors (Lipinski definition) is 2. The molecule has 2 unspecified atom stereocenters. The average molecular weight is 226 g/mol. The first-order chi connectivity index (χ1) is 7.58. The van der Waals surface area contributed by atoms with E-state index in [4.69, 9.17) is 0 Å². The van der Waals surface area contributed by atoms with E-state index in [1.807, 2.05) is 0 Å². The van der Waals surface area contributed by atoms with Crippen LogP contribution in [0.15, 0.2) is 0 Å². The Bertz CT molecular complexity index is 222. The highest BCUT2D eigenvalue weighted by Gasteiger charge is 2.34. The molecule has 1 aliphatic rings. The Morgan fingerprint density at radius 3 is 2.88 bits per heavy atom. The van der Waals surface area contributed by atoms with Gasteiger partial charge in [-0.25, -0.2) is 0 Å². The van der Waals surface area contributed by atoms with Gasteiger partial charge in [0.25, 0.3) is 0 Å². The maximum Gasteiger partial charge on any atom is 0.227 e. The lowest BCUT2D eigenvalue weighted by molar-refractivity contribution is -0.131. The summed E-state index contributed by atoms with van der Waals surface area (Å²) in [6.45, 7) is 8.22. The van der Waals surface area contributed by atoms with Crippen molar-refractivity contribution in [2.75, 3.05) is 13.1 Å². The highest BCUT2D eigenvalue weighted by atomic mass is 16.2. The second-order valence-corrected chi connectivity index (χ2v) is 5.36. The van der Waals surface area contributed by atoms with E-state index in [2.05, 4.69) is 31.4 Å². The van der Waals surface area contributed by atoms with Crippen LogP contribution < -0.4 is 10.6 Å². The molecule has 1 aliphatic heterocycles. The van der Waals surface area contributed by atoms with Gasteiger partial charge in [0.2, 0.25) is 5.91 Å². The molecule has 0 saturated carbocycles. The second-order valence-electron chi connectivity index (χ2n) is 5.36. The molecule has 0 radical (unpaired) electrons. The van der Waals surface area contributed by atoms with E-state index in [1.54, 1.807) is 0 Å². The Morgan fingerprint density at radius 1 is 1.56 bits per heavy atom. The van der Waals surface area contributed by atoms with Crippen LogP contribution in [0.4, 0.5) is 0 Å². The first-order valence-corrected chi connectivity index (χ1v) is 6.60. The Kier molecular flexibility index (Phi) is 5.26. The number of amides is 1. The van der Waals surface area contributed by atoms with Crippen LogP contribution in [0.5, 0.6) is 0 Å². The highest BCUT2D eigenvalue weighted by molar-refractivity contribution is 5.82. The zero-order valence-electron chi connectivity index (χ0n) is 10.9. The summed E-state index contributed by atoms with van der Waals surface area (Å²) in [4.78, 5) is 12.1. The largest absolute Gasteiger partial charge is 0.353 e. The van der Waals surface area contributed by atoms with Crippen molar-refractivity contribution in [3.63, 3.8) is 0 Å². The topological polar surface area (TPSA) is 41.1 Å². The van der Waals surface area contributed by atoms with Gasteiger partial charge in [-0.15, -0.1) is 0 Å². The molecule has 1 fully saturated rings. The van der Waals surface area contributed by atoms with E-state index in [1.165, 1.54) is 12.8 Å². The van der Waals surface area contributed by atoms with Crippen molar-refractivity contribution in [1.82, 2.24) is 10.6 Å².